The van der Waals surface area contributed by atoms with E-state index in [4.69, 9.17) is 4.74 Å². The van der Waals surface area contributed by atoms with Gasteiger partial charge >= 0.3 is 0 Å². The fraction of sp³-hybridized carbons (Fsp3) is 0.923. The van der Waals surface area contributed by atoms with Crippen LogP contribution in [0.2, 0.25) is 0 Å². The van der Waals surface area contributed by atoms with Crippen LogP contribution in [0, 0.1) is 5.92 Å². The van der Waals surface area contributed by atoms with E-state index in [1.807, 2.05) is 14.0 Å². The Morgan fingerprint density at radius 2 is 2.11 bits per heavy atom. The fourth-order valence-electron chi connectivity index (χ4n) is 2.45. The first-order chi connectivity index (χ1) is 8.65. The Labute approximate surface area is 110 Å². The summed E-state index contributed by atoms with van der Waals surface area (Å²) in [6.45, 7) is 6.18. The van der Waals surface area contributed by atoms with E-state index in [1.54, 1.807) is 7.11 Å². The SMILES string of the molecule is CNCC1CCN(CC(=O)NC(C)COC)CC1. The molecule has 0 aromatic heterocycles. The lowest BCUT2D eigenvalue weighted by atomic mass is 9.97. The Balaban J connectivity index is 2.18. The summed E-state index contributed by atoms with van der Waals surface area (Å²) in [6.07, 6.45) is 2.36. The number of ether oxygens (including phenoxy) is 1. The summed E-state index contributed by atoms with van der Waals surface area (Å²) in [6, 6.07) is 0.0873. The smallest absolute Gasteiger partial charge is 0.234 e. The summed E-state index contributed by atoms with van der Waals surface area (Å²) >= 11 is 0. The maximum atomic E-state index is 11.8. The Hall–Kier alpha value is -0.650. The van der Waals surface area contributed by atoms with Crippen molar-refractivity contribution in [2.45, 2.75) is 25.8 Å². The molecule has 1 atom stereocenters. The first-order valence-electron chi connectivity index (χ1n) is 6.81. The van der Waals surface area contributed by atoms with E-state index >= 15 is 0 Å². The van der Waals surface area contributed by atoms with Gasteiger partial charge in [-0.3, -0.25) is 9.69 Å². The van der Waals surface area contributed by atoms with Crippen molar-refractivity contribution < 1.29 is 9.53 Å². The third-order valence-electron chi connectivity index (χ3n) is 3.39. The van der Waals surface area contributed by atoms with Crippen molar-refractivity contribution in [1.82, 2.24) is 15.5 Å². The second kappa shape index (κ2) is 8.45. The van der Waals surface area contributed by atoms with Crippen LogP contribution < -0.4 is 10.6 Å². The topological polar surface area (TPSA) is 53.6 Å². The number of methoxy groups -OCH3 is 1. The monoisotopic (exact) mass is 257 g/mol. The molecule has 0 aromatic rings. The normalized spacial score (nSPS) is 19.7. The van der Waals surface area contributed by atoms with Crippen molar-refractivity contribution in [2.75, 3.05) is 46.9 Å². The van der Waals surface area contributed by atoms with Gasteiger partial charge in [-0.1, -0.05) is 0 Å². The zero-order chi connectivity index (χ0) is 13.4. The molecule has 0 radical (unpaired) electrons. The van der Waals surface area contributed by atoms with E-state index < -0.39 is 0 Å². The van der Waals surface area contributed by atoms with Crippen LogP contribution >= 0.6 is 0 Å². The molecule has 5 heteroatoms. The number of carbonyl (C=O) groups is 1. The number of amides is 1. The summed E-state index contributed by atoms with van der Waals surface area (Å²) in [5.41, 5.74) is 0. The van der Waals surface area contributed by atoms with Crippen LogP contribution in [0.25, 0.3) is 0 Å². The minimum atomic E-state index is 0.0873. The second-order valence-corrected chi connectivity index (χ2v) is 5.20. The van der Waals surface area contributed by atoms with E-state index in [-0.39, 0.29) is 11.9 Å². The van der Waals surface area contributed by atoms with Gasteiger partial charge in [0.1, 0.15) is 0 Å². The minimum absolute atomic E-state index is 0.0873. The molecular formula is C13H27N3O2. The lowest BCUT2D eigenvalue weighted by Crippen LogP contribution is -2.45. The Morgan fingerprint density at radius 3 is 2.67 bits per heavy atom. The second-order valence-electron chi connectivity index (χ2n) is 5.20. The van der Waals surface area contributed by atoms with Crippen LogP contribution in [-0.2, 0) is 9.53 Å². The third kappa shape index (κ3) is 5.80. The van der Waals surface area contributed by atoms with Gasteiger partial charge in [-0.25, -0.2) is 0 Å². The van der Waals surface area contributed by atoms with E-state index in [0.717, 1.165) is 25.6 Å². The van der Waals surface area contributed by atoms with Gasteiger partial charge in [-0.05, 0) is 52.4 Å². The summed E-state index contributed by atoms with van der Waals surface area (Å²) in [7, 11) is 3.65. The average Bonchev–Trinajstić information content (AvgIpc) is 2.32. The molecule has 1 aliphatic heterocycles. The maximum Gasteiger partial charge on any atom is 0.234 e. The van der Waals surface area contributed by atoms with E-state index in [2.05, 4.69) is 15.5 Å². The molecule has 1 aliphatic rings. The standard InChI is InChI=1S/C13H27N3O2/c1-11(10-18-3)15-13(17)9-16-6-4-12(5-7-16)8-14-2/h11-12,14H,4-10H2,1-3H3,(H,15,17). The number of likely N-dealkylation sites (tertiary alicyclic amines) is 1. The number of carbonyl (C=O) groups excluding carboxylic acids is 1. The maximum absolute atomic E-state index is 11.8. The molecule has 1 rings (SSSR count). The fourth-order valence-corrected chi connectivity index (χ4v) is 2.45. The van der Waals surface area contributed by atoms with Gasteiger partial charge in [-0.2, -0.15) is 0 Å². The predicted molar refractivity (Wildman–Crippen MR) is 72.6 cm³/mol. The molecule has 2 N–H and O–H groups in total. The Kier molecular flexibility index (Phi) is 7.23. The van der Waals surface area contributed by atoms with Crippen LogP contribution in [0.3, 0.4) is 0 Å². The lowest BCUT2D eigenvalue weighted by Gasteiger charge is -2.31. The highest BCUT2D eigenvalue weighted by atomic mass is 16.5. The van der Waals surface area contributed by atoms with Crippen molar-refractivity contribution >= 4 is 5.91 Å². The minimum Gasteiger partial charge on any atom is -0.383 e. The number of piperidine rings is 1. The highest BCUT2D eigenvalue weighted by molar-refractivity contribution is 5.78. The van der Waals surface area contributed by atoms with Crippen LogP contribution in [-0.4, -0.2) is 63.8 Å². The van der Waals surface area contributed by atoms with Crippen molar-refractivity contribution in [3.63, 3.8) is 0 Å². The zero-order valence-electron chi connectivity index (χ0n) is 11.9. The first-order valence-corrected chi connectivity index (χ1v) is 6.81. The molecule has 0 aliphatic carbocycles. The van der Waals surface area contributed by atoms with Crippen LogP contribution in [0.15, 0.2) is 0 Å². The van der Waals surface area contributed by atoms with Crippen molar-refractivity contribution in [1.29, 1.82) is 0 Å². The van der Waals surface area contributed by atoms with Gasteiger partial charge in [0.2, 0.25) is 5.91 Å². The first kappa shape index (κ1) is 15.4. The molecule has 0 spiro atoms. The molecule has 1 unspecified atom stereocenters. The number of nitrogens with zero attached hydrogens (tertiary/aromatic N) is 1. The highest BCUT2D eigenvalue weighted by Gasteiger charge is 2.20. The largest absolute Gasteiger partial charge is 0.383 e. The van der Waals surface area contributed by atoms with Crippen LogP contribution in [0.4, 0.5) is 0 Å². The zero-order valence-corrected chi connectivity index (χ0v) is 11.9. The van der Waals surface area contributed by atoms with Gasteiger partial charge in [-0.15, -0.1) is 0 Å². The summed E-state index contributed by atoms with van der Waals surface area (Å²) < 4.78 is 5.00. The van der Waals surface area contributed by atoms with E-state index in [9.17, 15) is 4.79 Å². The molecule has 1 saturated heterocycles. The summed E-state index contributed by atoms with van der Waals surface area (Å²) in [5, 5.41) is 6.17. The third-order valence-corrected chi connectivity index (χ3v) is 3.39. The molecule has 18 heavy (non-hydrogen) atoms. The Morgan fingerprint density at radius 1 is 1.44 bits per heavy atom. The number of hydrogen-bond donors (Lipinski definition) is 2. The molecule has 106 valence electrons. The van der Waals surface area contributed by atoms with Gasteiger partial charge in [0.25, 0.3) is 0 Å². The van der Waals surface area contributed by atoms with Crippen molar-refractivity contribution in [3.8, 4) is 0 Å². The molecular weight excluding hydrogens is 230 g/mol. The van der Waals surface area contributed by atoms with Crippen LogP contribution in [0.1, 0.15) is 19.8 Å². The highest BCUT2D eigenvalue weighted by Crippen LogP contribution is 2.15. The number of nitrogens with one attached hydrogen (secondary N) is 2. The molecule has 1 fully saturated rings. The molecule has 1 heterocycles. The number of rotatable bonds is 7. The average molecular weight is 257 g/mol. The summed E-state index contributed by atoms with van der Waals surface area (Å²) in [4.78, 5) is 14.0. The Bertz CT molecular complexity index is 240. The van der Waals surface area contributed by atoms with Crippen molar-refractivity contribution in [2.24, 2.45) is 5.92 Å². The predicted octanol–water partition coefficient (Wildman–Crippen LogP) is 0.0689. The van der Waals surface area contributed by atoms with E-state index in [1.165, 1.54) is 12.8 Å². The van der Waals surface area contributed by atoms with Crippen LogP contribution in [0.5, 0.6) is 0 Å². The van der Waals surface area contributed by atoms with Gasteiger partial charge in [0, 0.05) is 13.2 Å². The van der Waals surface area contributed by atoms with E-state index in [0.29, 0.717) is 13.2 Å². The molecule has 0 aromatic carbocycles. The lowest BCUT2D eigenvalue weighted by molar-refractivity contribution is -0.123. The van der Waals surface area contributed by atoms with Gasteiger partial charge < -0.3 is 15.4 Å². The van der Waals surface area contributed by atoms with Crippen molar-refractivity contribution in [3.05, 3.63) is 0 Å². The molecule has 0 bridgehead atoms. The van der Waals surface area contributed by atoms with Gasteiger partial charge in [0.05, 0.1) is 13.2 Å². The molecule has 1 amide bonds. The molecule has 0 saturated carbocycles. The quantitative estimate of drug-likeness (QED) is 0.678. The van der Waals surface area contributed by atoms with Gasteiger partial charge in [0.15, 0.2) is 0 Å². The number of hydrogen-bond acceptors (Lipinski definition) is 4. The molecule has 5 nitrogen and oxygen atoms in total. The summed E-state index contributed by atoms with van der Waals surface area (Å²) in [5.74, 6) is 0.869.